The van der Waals surface area contributed by atoms with Crippen LogP contribution in [0.5, 0.6) is 0 Å². The third kappa shape index (κ3) is 5.22. The molecule has 0 saturated heterocycles. The van der Waals surface area contributed by atoms with Gasteiger partial charge in [-0.1, -0.05) is 13.8 Å². The van der Waals surface area contributed by atoms with Gasteiger partial charge in [0.2, 0.25) is 5.91 Å². The smallest absolute Gasteiger partial charge is 0.257 e. The van der Waals surface area contributed by atoms with Crippen molar-refractivity contribution >= 4 is 11.8 Å². The molecule has 0 aromatic rings. The summed E-state index contributed by atoms with van der Waals surface area (Å²) in [6.45, 7) is 4.38. The second-order valence-electron chi connectivity index (χ2n) is 2.99. The molecular formula is C9H17N2O2. The molecule has 1 radical (unpaired) electrons. The summed E-state index contributed by atoms with van der Waals surface area (Å²) < 4.78 is 0. The highest BCUT2D eigenvalue weighted by atomic mass is 16.2. The van der Waals surface area contributed by atoms with E-state index in [4.69, 9.17) is 5.73 Å². The average Bonchev–Trinajstić information content (AvgIpc) is 2.03. The van der Waals surface area contributed by atoms with Gasteiger partial charge in [0.05, 0.1) is 0 Å². The van der Waals surface area contributed by atoms with Crippen molar-refractivity contribution in [1.29, 1.82) is 0 Å². The lowest BCUT2D eigenvalue weighted by Crippen LogP contribution is -2.36. The zero-order valence-corrected chi connectivity index (χ0v) is 8.30. The van der Waals surface area contributed by atoms with Gasteiger partial charge < -0.3 is 4.90 Å². The Morgan fingerprint density at radius 1 is 1.23 bits per heavy atom. The molecule has 0 aliphatic heterocycles. The van der Waals surface area contributed by atoms with Crippen LogP contribution in [0.2, 0.25) is 0 Å². The lowest BCUT2D eigenvalue weighted by atomic mass is 10.3. The zero-order chi connectivity index (χ0) is 10.3. The maximum Gasteiger partial charge on any atom is 0.257 e. The van der Waals surface area contributed by atoms with Crippen LogP contribution in [-0.4, -0.2) is 29.8 Å². The Kier molecular flexibility index (Phi) is 5.93. The number of hydrogen-bond donors (Lipinski definition) is 0. The van der Waals surface area contributed by atoms with Gasteiger partial charge in [-0.3, -0.25) is 15.3 Å². The zero-order valence-electron chi connectivity index (χ0n) is 8.30. The van der Waals surface area contributed by atoms with Crippen LogP contribution in [0.3, 0.4) is 0 Å². The quantitative estimate of drug-likeness (QED) is 0.615. The molecule has 4 nitrogen and oxygen atoms in total. The SMILES string of the molecule is CCCC(=O)N(CCC)CC([NH])=O. The van der Waals surface area contributed by atoms with Gasteiger partial charge in [0.1, 0.15) is 6.54 Å². The highest BCUT2D eigenvalue weighted by Crippen LogP contribution is 1.98. The summed E-state index contributed by atoms with van der Waals surface area (Å²) in [7, 11) is 0. The standard InChI is InChI=1S/C9H17N2O2/c1-3-5-9(13)11(6-4-2)7-8(10)12/h10H,3-7H2,1-2H3. The van der Waals surface area contributed by atoms with Crippen molar-refractivity contribution in [2.24, 2.45) is 0 Å². The lowest BCUT2D eigenvalue weighted by Gasteiger charge is -2.19. The first kappa shape index (κ1) is 11.9. The first-order valence-electron chi connectivity index (χ1n) is 4.64. The van der Waals surface area contributed by atoms with Gasteiger partial charge in [0, 0.05) is 13.0 Å². The molecule has 0 aromatic heterocycles. The van der Waals surface area contributed by atoms with E-state index in [1.165, 1.54) is 4.90 Å². The van der Waals surface area contributed by atoms with E-state index in [0.29, 0.717) is 13.0 Å². The minimum Gasteiger partial charge on any atom is -0.333 e. The van der Waals surface area contributed by atoms with Gasteiger partial charge in [-0.15, -0.1) is 0 Å². The molecule has 0 aliphatic rings. The van der Waals surface area contributed by atoms with E-state index in [1.807, 2.05) is 13.8 Å². The summed E-state index contributed by atoms with van der Waals surface area (Å²) in [4.78, 5) is 23.3. The van der Waals surface area contributed by atoms with E-state index >= 15 is 0 Å². The van der Waals surface area contributed by atoms with E-state index in [9.17, 15) is 9.59 Å². The third-order valence-electron chi connectivity index (χ3n) is 1.64. The van der Waals surface area contributed by atoms with E-state index in [0.717, 1.165) is 12.8 Å². The Balaban J connectivity index is 4.06. The minimum atomic E-state index is -0.696. The maximum atomic E-state index is 11.4. The van der Waals surface area contributed by atoms with E-state index in [2.05, 4.69) is 0 Å². The molecule has 13 heavy (non-hydrogen) atoms. The van der Waals surface area contributed by atoms with Crippen LogP contribution in [0.1, 0.15) is 33.1 Å². The van der Waals surface area contributed by atoms with Gasteiger partial charge >= 0.3 is 0 Å². The van der Waals surface area contributed by atoms with Crippen molar-refractivity contribution < 1.29 is 9.59 Å². The van der Waals surface area contributed by atoms with Gasteiger partial charge in [-0.05, 0) is 12.8 Å². The van der Waals surface area contributed by atoms with Gasteiger partial charge in [-0.2, -0.15) is 0 Å². The summed E-state index contributed by atoms with van der Waals surface area (Å²) in [5, 5.41) is 0. The van der Waals surface area contributed by atoms with Crippen molar-refractivity contribution in [3.05, 3.63) is 0 Å². The summed E-state index contributed by atoms with van der Waals surface area (Å²) in [5.74, 6) is -0.720. The normalized spacial score (nSPS) is 9.69. The van der Waals surface area contributed by atoms with Crippen molar-refractivity contribution in [3.63, 3.8) is 0 Å². The molecule has 0 saturated carbocycles. The van der Waals surface area contributed by atoms with Crippen molar-refractivity contribution in [1.82, 2.24) is 10.6 Å². The molecule has 0 atom stereocenters. The predicted octanol–water partition coefficient (Wildman–Crippen LogP) is 0.835. The Bertz CT molecular complexity index is 180. The number of carbonyl (C=O) groups excluding carboxylic acids is 2. The fourth-order valence-electron chi connectivity index (χ4n) is 1.11. The molecule has 0 spiro atoms. The first-order chi connectivity index (χ1) is 6.11. The Morgan fingerprint density at radius 2 is 1.85 bits per heavy atom. The number of amides is 2. The van der Waals surface area contributed by atoms with Gasteiger partial charge in [-0.25, -0.2) is 0 Å². The molecule has 4 heteroatoms. The number of nitrogens with zero attached hydrogens (tertiary/aromatic N) is 1. The van der Waals surface area contributed by atoms with E-state index in [1.54, 1.807) is 0 Å². The minimum absolute atomic E-state index is 0.0232. The monoisotopic (exact) mass is 185 g/mol. The Morgan fingerprint density at radius 3 is 2.23 bits per heavy atom. The van der Waals surface area contributed by atoms with Crippen LogP contribution >= 0.6 is 0 Å². The van der Waals surface area contributed by atoms with E-state index in [-0.39, 0.29) is 12.5 Å². The van der Waals surface area contributed by atoms with Crippen molar-refractivity contribution in [2.75, 3.05) is 13.1 Å². The molecular weight excluding hydrogens is 168 g/mol. The molecule has 0 aromatic carbocycles. The van der Waals surface area contributed by atoms with Crippen molar-refractivity contribution in [2.45, 2.75) is 33.1 Å². The lowest BCUT2D eigenvalue weighted by molar-refractivity contribution is -0.135. The van der Waals surface area contributed by atoms with Crippen LogP contribution < -0.4 is 5.73 Å². The number of carbonyl (C=O) groups is 2. The van der Waals surface area contributed by atoms with E-state index < -0.39 is 5.91 Å². The molecule has 75 valence electrons. The van der Waals surface area contributed by atoms with Crippen LogP contribution in [0, 0.1) is 0 Å². The maximum absolute atomic E-state index is 11.4. The summed E-state index contributed by atoms with van der Waals surface area (Å²) in [6, 6.07) is 0. The van der Waals surface area contributed by atoms with Crippen LogP contribution in [0.15, 0.2) is 0 Å². The van der Waals surface area contributed by atoms with Gasteiger partial charge in [0.15, 0.2) is 0 Å². The summed E-state index contributed by atoms with van der Waals surface area (Å²) in [5.41, 5.74) is 6.78. The Hall–Kier alpha value is -1.06. The molecule has 0 unspecified atom stereocenters. The predicted molar refractivity (Wildman–Crippen MR) is 49.9 cm³/mol. The number of nitrogens with one attached hydrogen (secondary N) is 1. The molecule has 0 fully saturated rings. The third-order valence-corrected chi connectivity index (χ3v) is 1.64. The summed E-state index contributed by atoms with van der Waals surface area (Å²) in [6.07, 6.45) is 2.07. The van der Waals surface area contributed by atoms with Crippen LogP contribution in [0.4, 0.5) is 0 Å². The second kappa shape index (κ2) is 6.46. The Labute approximate surface area is 79.1 Å². The van der Waals surface area contributed by atoms with Crippen LogP contribution in [-0.2, 0) is 9.59 Å². The van der Waals surface area contributed by atoms with Gasteiger partial charge in [0.25, 0.3) is 5.91 Å². The fourth-order valence-corrected chi connectivity index (χ4v) is 1.11. The topological polar surface area (TPSA) is 61.2 Å². The van der Waals surface area contributed by atoms with Crippen molar-refractivity contribution in [3.8, 4) is 0 Å². The highest BCUT2D eigenvalue weighted by molar-refractivity contribution is 5.83. The number of rotatable bonds is 6. The first-order valence-corrected chi connectivity index (χ1v) is 4.64. The van der Waals surface area contributed by atoms with Crippen LogP contribution in [0.25, 0.3) is 0 Å². The highest BCUT2D eigenvalue weighted by Gasteiger charge is 2.13. The largest absolute Gasteiger partial charge is 0.333 e. The molecule has 0 rings (SSSR count). The number of hydrogen-bond acceptors (Lipinski definition) is 2. The summed E-state index contributed by atoms with van der Waals surface area (Å²) >= 11 is 0. The molecule has 1 N–H and O–H groups in total. The molecule has 0 bridgehead atoms. The molecule has 0 aliphatic carbocycles. The molecule has 0 heterocycles. The average molecular weight is 185 g/mol. The molecule has 2 amide bonds. The second-order valence-corrected chi connectivity index (χ2v) is 2.99. The fraction of sp³-hybridized carbons (Fsp3) is 0.778.